The fraction of sp³-hybridized carbons (Fsp3) is 0.0952. The molecule has 0 spiro atoms. The number of ether oxygens (including phenoxy) is 1. The highest BCUT2D eigenvalue weighted by atomic mass is 16.5. The van der Waals surface area contributed by atoms with Crippen molar-refractivity contribution in [3.63, 3.8) is 0 Å². The molecule has 0 aliphatic carbocycles. The maximum absolute atomic E-state index is 6.05. The number of benzene rings is 2. The maximum atomic E-state index is 6.05. The van der Waals surface area contributed by atoms with E-state index >= 15 is 0 Å². The molecule has 2 aromatic carbocycles. The van der Waals surface area contributed by atoms with Crippen LogP contribution in [0.25, 0.3) is 11.2 Å². The Hall–Kier alpha value is -4.07. The summed E-state index contributed by atoms with van der Waals surface area (Å²) in [6.07, 6.45) is 3.37. The molecule has 0 fully saturated rings. The van der Waals surface area contributed by atoms with Crippen LogP contribution in [-0.4, -0.2) is 33.5 Å². The van der Waals surface area contributed by atoms with Crippen LogP contribution in [0.4, 0.5) is 23.0 Å². The first-order valence-electron chi connectivity index (χ1n) is 9.14. The highest BCUT2D eigenvalue weighted by Gasteiger charge is 2.13. The molecular weight excluding hydrogens is 366 g/mol. The standard InChI is InChI=1S/C21H21N7O/c1-3-11-23-16-5-4-6-17(12-16)29-20-18-19(25-13-24-18)27-21(28-20)26-15-9-7-14(22-2)8-10-15/h3-10,12-13,22-23H,1,11H2,2H3,(H2,24,25,26,27,28). The molecule has 4 rings (SSSR count). The Balaban J connectivity index is 1.61. The van der Waals surface area contributed by atoms with Crippen LogP contribution >= 0.6 is 0 Å². The van der Waals surface area contributed by atoms with Crippen LogP contribution in [0.2, 0.25) is 0 Å². The van der Waals surface area contributed by atoms with Gasteiger partial charge in [-0.25, -0.2) is 4.98 Å². The lowest BCUT2D eigenvalue weighted by Gasteiger charge is -2.10. The first-order valence-corrected chi connectivity index (χ1v) is 9.14. The molecule has 4 aromatic rings. The highest BCUT2D eigenvalue weighted by molar-refractivity contribution is 5.78. The molecule has 0 amide bonds. The van der Waals surface area contributed by atoms with Gasteiger partial charge in [0.05, 0.1) is 6.33 Å². The Morgan fingerprint density at radius 1 is 1.07 bits per heavy atom. The van der Waals surface area contributed by atoms with Gasteiger partial charge in [0, 0.05) is 36.7 Å². The molecule has 29 heavy (non-hydrogen) atoms. The number of aromatic amines is 1. The second kappa shape index (κ2) is 8.30. The lowest BCUT2D eigenvalue weighted by atomic mass is 10.3. The minimum Gasteiger partial charge on any atom is -0.437 e. The lowest BCUT2D eigenvalue weighted by molar-refractivity contribution is 0.468. The van der Waals surface area contributed by atoms with Crippen LogP contribution in [0.1, 0.15) is 0 Å². The van der Waals surface area contributed by atoms with Crippen molar-refractivity contribution in [2.75, 3.05) is 29.5 Å². The molecular formula is C21H21N7O. The zero-order valence-corrected chi connectivity index (χ0v) is 15.9. The quantitative estimate of drug-likeness (QED) is 0.330. The molecule has 8 heteroatoms. The second-order valence-corrected chi connectivity index (χ2v) is 6.21. The summed E-state index contributed by atoms with van der Waals surface area (Å²) < 4.78 is 6.05. The van der Waals surface area contributed by atoms with E-state index in [0.29, 0.717) is 35.3 Å². The first kappa shape index (κ1) is 18.3. The summed E-state index contributed by atoms with van der Waals surface area (Å²) >= 11 is 0. The highest BCUT2D eigenvalue weighted by Crippen LogP contribution is 2.29. The summed E-state index contributed by atoms with van der Waals surface area (Å²) in [6.45, 7) is 4.38. The fourth-order valence-corrected chi connectivity index (χ4v) is 2.76. The Morgan fingerprint density at radius 2 is 1.90 bits per heavy atom. The van der Waals surface area contributed by atoms with E-state index < -0.39 is 0 Å². The monoisotopic (exact) mass is 387 g/mol. The average molecular weight is 387 g/mol. The number of anilines is 4. The number of hydrogen-bond acceptors (Lipinski definition) is 7. The van der Waals surface area contributed by atoms with E-state index in [4.69, 9.17) is 4.74 Å². The number of nitrogens with zero attached hydrogens (tertiary/aromatic N) is 3. The van der Waals surface area contributed by atoms with Crippen LogP contribution in [0.15, 0.2) is 67.5 Å². The average Bonchev–Trinajstić information content (AvgIpc) is 3.22. The van der Waals surface area contributed by atoms with Crippen molar-refractivity contribution in [3.8, 4) is 11.6 Å². The summed E-state index contributed by atoms with van der Waals surface area (Å²) in [4.78, 5) is 16.3. The number of H-pyrrole nitrogens is 1. The molecule has 8 nitrogen and oxygen atoms in total. The molecule has 4 N–H and O–H groups in total. The summed E-state index contributed by atoms with van der Waals surface area (Å²) in [5, 5.41) is 9.52. The molecule has 0 unspecified atom stereocenters. The fourth-order valence-electron chi connectivity index (χ4n) is 2.76. The number of hydrogen-bond donors (Lipinski definition) is 4. The van der Waals surface area contributed by atoms with Gasteiger partial charge < -0.3 is 25.7 Å². The van der Waals surface area contributed by atoms with Crippen LogP contribution in [0.5, 0.6) is 11.6 Å². The number of nitrogens with one attached hydrogen (secondary N) is 4. The summed E-state index contributed by atoms with van der Waals surface area (Å²) in [5.41, 5.74) is 3.96. The van der Waals surface area contributed by atoms with Gasteiger partial charge in [-0.05, 0) is 36.4 Å². The first-order chi connectivity index (χ1) is 14.2. The van der Waals surface area contributed by atoms with Crippen LogP contribution in [0.3, 0.4) is 0 Å². The summed E-state index contributed by atoms with van der Waals surface area (Å²) in [5.74, 6) is 1.44. The van der Waals surface area contributed by atoms with E-state index in [9.17, 15) is 0 Å². The second-order valence-electron chi connectivity index (χ2n) is 6.21. The molecule has 0 bridgehead atoms. The van der Waals surface area contributed by atoms with E-state index in [1.165, 1.54) is 0 Å². The van der Waals surface area contributed by atoms with Gasteiger partial charge in [0.25, 0.3) is 5.88 Å². The van der Waals surface area contributed by atoms with Crippen molar-refractivity contribution in [1.29, 1.82) is 0 Å². The molecule has 0 aliphatic rings. The van der Waals surface area contributed by atoms with Crippen molar-refractivity contribution in [3.05, 3.63) is 67.5 Å². The van der Waals surface area contributed by atoms with Gasteiger partial charge in [0.15, 0.2) is 5.65 Å². The number of imidazole rings is 1. The topological polar surface area (TPSA) is 99.8 Å². The van der Waals surface area contributed by atoms with E-state index in [-0.39, 0.29) is 0 Å². The van der Waals surface area contributed by atoms with Crippen molar-refractivity contribution in [1.82, 2.24) is 19.9 Å². The van der Waals surface area contributed by atoms with Gasteiger partial charge in [-0.2, -0.15) is 9.97 Å². The van der Waals surface area contributed by atoms with Crippen molar-refractivity contribution < 1.29 is 4.74 Å². The molecule has 2 heterocycles. The smallest absolute Gasteiger partial charge is 0.250 e. The SMILES string of the molecule is C=CCNc1cccc(Oc2nc(Nc3ccc(NC)cc3)nc3nc[nH]c23)c1. The molecule has 0 atom stereocenters. The minimum absolute atomic E-state index is 0.391. The Kier molecular flexibility index (Phi) is 5.24. The van der Waals surface area contributed by atoms with Gasteiger partial charge in [-0.1, -0.05) is 12.1 Å². The molecule has 0 aliphatic heterocycles. The Bertz CT molecular complexity index is 1120. The van der Waals surface area contributed by atoms with E-state index in [0.717, 1.165) is 17.1 Å². The zero-order valence-electron chi connectivity index (χ0n) is 15.9. The predicted octanol–water partition coefficient (Wildman–Crippen LogP) is 4.53. The third-order valence-electron chi connectivity index (χ3n) is 4.18. The third-order valence-corrected chi connectivity index (χ3v) is 4.18. The molecule has 0 radical (unpaired) electrons. The Morgan fingerprint density at radius 3 is 2.69 bits per heavy atom. The number of rotatable bonds is 8. The predicted molar refractivity (Wildman–Crippen MR) is 116 cm³/mol. The van der Waals surface area contributed by atoms with E-state index in [1.807, 2.05) is 55.6 Å². The largest absolute Gasteiger partial charge is 0.437 e. The summed E-state index contributed by atoms with van der Waals surface area (Å²) in [6, 6.07) is 15.5. The maximum Gasteiger partial charge on any atom is 0.250 e. The summed E-state index contributed by atoms with van der Waals surface area (Å²) in [7, 11) is 1.88. The van der Waals surface area contributed by atoms with Crippen LogP contribution < -0.4 is 20.7 Å². The van der Waals surface area contributed by atoms with Crippen LogP contribution in [-0.2, 0) is 0 Å². The van der Waals surface area contributed by atoms with Crippen molar-refractivity contribution in [2.24, 2.45) is 0 Å². The zero-order chi connectivity index (χ0) is 20.1. The molecule has 0 saturated heterocycles. The third kappa shape index (κ3) is 4.27. The molecule has 2 aromatic heterocycles. The van der Waals surface area contributed by atoms with E-state index in [2.05, 4.69) is 42.5 Å². The molecule has 0 saturated carbocycles. The number of fused-ring (bicyclic) bond motifs is 1. The molecule has 146 valence electrons. The lowest BCUT2D eigenvalue weighted by Crippen LogP contribution is -2.01. The normalized spacial score (nSPS) is 10.5. The Labute approximate surface area is 168 Å². The minimum atomic E-state index is 0.391. The van der Waals surface area contributed by atoms with Crippen molar-refractivity contribution >= 4 is 34.2 Å². The number of aromatic nitrogens is 4. The van der Waals surface area contributed by atoms with Gasteiger partial charge >= 0.3 is 0 Å². The van der Waals surface area contributed by atoms with Crippen molar-refractivity contribution in [2.45, 2.75) is 0 Å². The van der Waals surface area contributed by atoms with E-state index in [1.54, 1.807) is 12.4 Å². The van der Waals surface area contributed by atoms with Gasteiger partial charge in [0.1, 0.15) is 11.3 Å². The van der Waals surface area contributed by atoms with Gasteiger partial charge in [-0.15, -0.1) is 6.58 Å². The van der Waals surface area contributed by atoms with Gasteiger partial charge in [-0.3, -0.25) is 0 Å². The van der Waals surface area contributed by atoms with Gasteiger partial charge in [0.2, 0.25) is 5.95 Å². The van der Waals surface area contributed by atoms with Crippen LogP contribution in [0, 0.1) is 0 Å².